The molecule has 0 aromatic heterocycles. The first-order valence-corrected chi connectivity index (χ1v) is 7.80. The lowest BCUT2D eigenvalue weighted by molar-refractivity contribution is -0.436. The average Bonchev–Trinajstić information content (AvgIpc) is 2.64. The molecule has 0 rings (SSSR count). The molecule has 0 saturated heterocycles. The van der Waals surface area contributed by atoms with Gasteiger partial charge in [0.15, 0.2) is 0 Å². The van der Waals surface area contributed by atoms with Crippen molar-refractivity contribution in [3.8, 4) is 0 Å². The highest BCUT2D eigenvalue weighted by Gasteiger charge is 2.91. The number of carbonyl (C=O) groups is 1. The third-order valence-corrected chi connectivity index (χ3v) is 3.77. The third kappa shape index (κ3) is 4.98. The van der Waals surface area contributed by atoms with Crippen molar-refractivity contribution in [2.45, 2.75) is 48.0 Å². The van der Waals surface area contributed by atoms with Crippen LogP contribution in [0.5, 0.6) is 0 Å². The summed E-state index contributed by atoms with van der Waals surface area (Å²) in [6.45, 7) is -6.18. The second-order valence-electron chi connectivity index (χ2n) is 6.25. The number of halogens is 13. The molecule has 0 aliphatic rings. The number of nitrogens with zero attached hydrogens (tertiary/aromatic N) is 1. The second-order valence-corrected chi connectivity index (χ2v) is 6.25. The maximum absolute atomic E-state index is 13.9. The summed E-state index contributed by atoms with van der Waals surface area (Å²) in [5.74, 6) is -43.0. The lowest BCUT2D eigenvalue weighted by Crippen LogP contribution is -2.72. The summed E-state index contributed by atoms with van der Waals surface area (Å²) in [5, 5.41) is 35.4. The topological polar surface area (TPSA) is 101 Å². The van der Waals surface area contributed by atoms with Crippen LogP contribution in [0.3, 0.4) is 0 Å². The monoisotopic (exact) mass is 511 g/mol. The fourth-order valence-electron chi connectivity index (χ4n) is 1.97. The van der Waals surface area contributed by atoms with Crippen molar-refractivity contribution in [2.24, 2.45) is 0 Å². The van der Waals surface area contributed by atoms with Gasteiger partial charge in [0.05, 0.1) is 25.4 Å². The van der Waals surface area contributed by atoms with Crippen LogP contribution in [-0.4, -0.2) is 106 Å². The SMILES string of the molecule is O=C(N(CC(O)CO)CC(O)CO)C(F)(F)C(F)(F)C(F)(F)C(F)(F)C(F)(F)C(F)(F)F. The fourth-order valence-corrected chi connectivity index (χ4v) is 1.97. The van der Waals surface area contributed by atoms with E-state index in [4.69, 9.17) is 20.4 Å². The largest absolute Gasteiger partial charge is 0.460 e. The van der Waals surface area contributed by atoms with Crippen LogP contribution in [0.4, 0.5) is 57.1 Å². The van der Waals surface area contributed by atoms with E-state index in [0.29, 0.717) is 0 Å². The molecule has 2 atom stereocenters. The Kier molecular flexibility index (Phi) is 8.87. The van der Waals surface area contributed by atoms with Crippen molar-refractivity contribution < 1.29 is 82.3 Å². The van der Waals surface area contributed by atoms with Crippen molar-refractivity contribution in [3.63, 3.8) is 0 Å². The molecule has 4 N–H and O–H groups in total. The summed E-state index contributed by atoms with van der Waals surface area (Å²) in [5.41, 5.74) is 0. The van der Waals surface area contributed by atoms with E-state index in [-0.39, 0.29) is 0 Å². The standard InChI is InChI=1S/C13H14F13NO5/c14-8(15,7(32)27(1-5(30)3-28)2-6(31)4-29)9(16,17)10(18,19)11(20,21)12(22,23)13(24,25)26/h5-6,28-31H,1-4H2. The molecule has 0 heterocycles. The Morgan fingerprint density at radius 1 is 0.625 bits per heavy atom. The molecule has 19 heteroatoms. The molecule has 1 amide bonds. The number of aliphatic hydroxyl groups excluding tert-OH is 4. The van der Waals surface area contributed by atoms with Crippen LogP contribution >= 0.6 is 0 Å². The number of rotatable bonds is 11. The Hall–Kier alpha value is -1.60. The summed E-state index contributed by atoms with van der Waals surface area (Å²) in [6, 6.07) is 0. The van der Waals surface area contributed by atoms with Crippen LogP contribution in [0.1, 0.15) is 0 Å². The van der Waals surface area contributed by atoms with Crippen LogP contribution in [0.2, 0.25) is 0 Å². The highest BCUT2D eigenvalue weighted by molar-refractivity contribution is 5.85. The minimum absolute atomic E-state index is 0.841. The summed E-state index contributed by atoms with van der Waals surface area (Å²) in [4.78, 5) is 10.8. The first-order chi connectivity index (χ1) is 14.0. The Morgan fingerprint density at radius 3 is 1.22 bits per heavy atom. The highest BCUT2D eigenvalue weighted by atomic mass is 19.4. The molecule has 0 aromatic rings. The first kappa shape index (κ1) is 30.4. The van der Waals surface area contributed by atoms with E-state index in [2.05, 4.69) is 0 Å². The van der Waals surface area contributed by atoms with Crippen LogP contribution in [0.15, 0.2) is 0 Å². The molecule has 0 aliphatic carbocycles. The lowest BCUT2D eigenvalue weighted by Gasteiger charge is -2.40. The molecule has 0 saturated carbocycles. The van der Waals surface area contributed by atoms with E-state index >= 15 is 0 Å². The van der Waals surface area contributed by atoms with Gasteiger partial charge >= 0.3 is 35.8 Å². The Labute approximate surface area is 168 Å². The maximum Gasteiger partial charge on any atom is 0.460 e. The molecule has 0 spiro atoms. The lowest BCUT2D eigenvalue weighted by atomic mass is 9.93. The molecular weight excluding hydrogens is 497 g/mol. The molecular formula is C13H14F13NO5. The summed E-state index contributed by atoms with van der Waals surface area (Å²) >= 11 is 0. The molecule has 2 unspecified atom stereocenters. The van der Waals surface area contributed by atoms with E-state index in [0.717, 1.165) is 0 Å². The summed E-state index contributed by atoms with van der Waals surface area (Å²) in [7, 11) is 0. The number of hydrogen-bond acceptors (Lipinski definition) is 5. The zero-order valence-corrected chi connectivity index (χ0v) is 15.0. The van der Waals surface area contributed by atoms with E-state index in [1.165, 1.54) is 0 Å². The van der Waals surface area contributed by atoms with Crippen LogP contribution < -0.4 is 0 Å². The first-order valence-electron chi connectivity index (χ1n) is 7.80. The number of aliphatic hydroxyl groups is 4. The normalized spacial score (nSPS) is 16.7. The molecule has 32 heavy (non-hydrogen) atoms. The fraction of sp³-hybridized carbons (Fsp3) is 0.923. The van der Waals surface area contributed by atoms with Gasteiger partial charge in [0.1, 0.15) is 0 Å². The van der Waals surface area contributed by atoms with E-state index < -0.39 is 85.1 Å². The van der Waals surface area contributed by atoms with Crippen LogP contribution in [0, 0.1) is 0 Å². The van der Waals surface area contributed by atoms with Gasteiger partial charge in [-0.1, -0.05) is 0 Å². The van der Waals surface area contributed by atoms with E-state index in [1.807, 2.05) is 0 Å². The molecule has 6 nitrogen and oxygen atoms in total. The predicted octanol–water partition coefficient (Wildman–Crippen LogP) is 1.26. The summed E-state index contributed by atoms with van der Waals surface area (Å²) < 4.78 is 170. The quantitative estimate of drug-likeness (QED) is 0.313. The number of alkyl halides is 13. The third-order valence-electron chi connectivity index (χ3n) is 3.77. The van der Waals surface area contributed by atoms with Crippen LogP contribution in [0.25, 0.3) is 0 Å². The van der Waals surface area contributed by atoms with Gasteiger partial charge in [0, 0.05) is 13.1 Å². The molecule has 192 valence electrons. The van der Waals surface area contributed by atoms with Crippen molar-refractivity contribution in [2.75, 3.05) is 26.3 Å². The second kappa shape index (κ2) is 9.34. The maximum atomic E-state index is 13.9. The van der Waals surface area contributed by atoms with Crippen molar-refractivity contribution >= 4 is 5.91 Å². The molecule has 0 aliphatic heterocycles. The Bertz CT molecular complexity index is 643. The van der Waals surface area contributed by atoms with Gasteiger partial charge in [-0.15, -0.1) is 0 Å². The van der Waals surface area contributed by atoms with Gasteiger partial charge in [0.25, 0.3) is 5.91 Å². The van der Waals surface area contributed by atoms with Crippen LogP contribution in [-0.2, 0) is 4.79 Å². The van der Waals surface area contributed by atoms with Gasteiger partial charge in [-0.2, -0.15) is 57.1 Å². The minimum Gasteiger partial charge on any atom is -0.394 e. The molecule has 0 fully saturated rings. The van der Waals surface area contributed by atoms with E-state index in [1.54, 1.807) is 0 Å². The van der Waals surface area contributed by atoms with Gasteiger partial charge in [-0.25, -0.2) is 0 Å². The zero-order chi connectivity index (χ0) is 26.1. The van der Waals surface area contributed by atoms with Gasteiger partial charge in [-0.3, -0.25) is 4.79 Å². The Balaban J connectivity index is 6.46. The number of carbonyl (C=O) groups excluding carboxylic acids is 1. The van der Waals surface area contributed by atoms with Gasteiger partial charge < -0.3 is 25.3 Å². The number of hydrogen-bond donors (Lipinski definition) is 4. The average molecular weight is 511 g/mol. The van der Waals surface area contributed by atoms with Crippen molar-refractivity contribution in [1.29, 1.82) is 0 Å². The molecule has 0 aromatic carbocycles. The predicted molar refractivity (Wildman–Crippen MR) is 73.6 cm³/mol. The van der Waals surface area contributed by atoms with Crippen molar-refractivity contribution in [1.82, 2.24) is 4.90 Å². The van der Waals surface area contributed by atoms with E-state index in [9.17, 15) is 61.9 Å². The van der Waals surface area contributed by atoms with Crippen molar-refractivity contribution in [3.05, 3.63) is 0 Å². The summed E-state index contributed by atoms with van der Waals surface area (Å²) in [6.07, 6.45) is -12.2. The minimum atomic E-state index is -8.20. The molecule has 0 bridgehead atoms. The van der Waals surface area contributed by atoms with Gasteiger partial charge in [0.2, 0.25) is 0 Å². The number of amides is 1. The van der Waals surface area contributed by atoms with Gasteiger partial charge in [-0.05, 0) is 0 Å². The Morgan fingerprint density at radius 2 is 0.938 bits per heavy atom. The smallest absolute Gasteiger partial charge is 0.394 e. The highest BCUT2D eigenvalue weighted by Crippen LogP contribution is 2.60. The molecule has 0 radical (unpaired) electrons. The zero-order valence-electron chi connectivity index (χ0n) is 15.0.